The van der Waals surface area contributed by atoms with Crippen molar-refractivity contribution in [3.63, 3.8) is 0 Å². The van der Waals surface area contributed by atoms with Crippen molar-refractivity contribution in [1.82, 2.24) is 0 Å². The fourth-order valence-corrected chi connectivity index (χ4v) is 4.88. The Kier molecular flexibility index (Phi) is 12.1. The average Bonchev–Trinajstić information content (AvgIpc) is 3.35. The van der Waals surface area contributed by atoms with Gasteiger partial charge in [-0.2, -0.15) is 0 Å². The Hall–Kier alpha value is -2.16. The molecule has 2 heterocycles. The highest BCUT2D eigenvalue weighted by Crippen LogP contribution is 2.39. The molecule has 0 amide bonds. The summed E-state index contributed by atoms with van der Waals surface area (Å²) in [4.78, 5) is 1.46. The van der Waals surface area contributed by atoms with Crippen molar-refractivity contribution < 1.29 is 28.8 Å². The first kappa shape index (κ1) is 30.1. The van der Waals surface area contributed by atoms with Gasteiger partial charge in [-0.05, 0) is 73.4 Å². The first-order valence-corrected chi connectivity index (χ1v) is 13.2. The van der Waals surface area contributed by atoms with Crippen LogP contribution >= 0.6 is 11.3 Å². The van der Waals surface area contributed by atoms with Crippen LogP contribution in [0.4, 0.5) is 8.78 Å². The van der Waals surface area contributed by atoms with Crippen LogP contribution in [0.5, 0.6) is 0 Å². The van der Waals surface area contributed by atoms with Gasteiger partial charge in [-0.15, -0.1) is 11.3 Å². The van der Waals surface area contributed by atoms with E-state index >= 15 is 4.39 Å². The molecule has 4 nitrogen and oxygen atoms in total. The van der Waals surface area contributed by atoms with E-state index in [-0.39, 0.29) is 24.6 Å². The number of hydrogen-bond acceptors (Lipinski definition) is 5. The Morgan fingerprint density at radius 3 is 2.28 bits per heavy atom. The van der Waals surface area contributed by atoms with Crippen molar-refractivity contribution >= 4 is 11.3 Å². The lowest BCUT2D eigenvalue weighted by atomic mass is 9.92. The summed E-state index contributed by atoms with van der Waals surface area (Å²) < 4.78 is 34.6. The molecular weight excluding hydrogens is 482 g/mol. The Labute approximate surface area is 217 Å². The lowest BCUT2D eigenvalue weighted by Crippen LogP contribution is -2.33. The van der Waals surface area contributed by atoms with E-state index in [0.717, 1.165) is 21.6 Å². The molecule has 1 aliphatic heterocycles. The molecule has 0 saturated carbocycles. The van der Waals surface area contributed by atoms with E-state index in [1.54, 1.807) is 38.1 Å². The van der Waals surface area contributed by atoms with Gasteiger partial charge in [-0.25, -0.2) is 8.78 Å². The van der Waals surface area contributed by atoms with Gasteiger partial charge >= 0.3 is 0 Å². The molecule has 3 aromatic rings. The van der Waals surface area contributed by atoms with Crippen molar-refractivity contribution in [2.24, 2.45) is 0 Å². The van der Waals surface area contributed by atoms with Gasteiger partial charge in [-0.1, -0.05) is 38.1 Å². The molecule has 36 heavy (non-hydrogen) atoms. The third kappa shape index (κ3) is 8.46. The number of alkyl halides is 1. The van der Waals surface area contributed by atoms with Crippen LogP contribution in [0.1, 0.15) is 74.4 Å². The molecule has 198 valence electrons. The van der Waals surface area contributed by atoms with Crippen molar-refractivity contribution in [1.29, 1.82) is 0 Å². The van der Waals surface area contributed by atoms with Crippen molar-refractivity contribution in [3.8, 4) is 10.4 Å². The summed E-state index contributed by atoms with van der Waals surface area (Å²) in [5.41, 5.74) is 3.04. The van der Waals surface area contributed by atoms with Gasteiger partial charge in [0.25, 0.3) is 0 Å². The van der Waals surface area contributed by atoms with E-state index in [1.165, 1.54) is 23.5 Å². The Morgan fingerprint density at radius 2 is 1.67 bits per heavy atom. The van der Waals surface area contributed by atoms with Gasteiger partial charge in [0.15, 0.2) is 6.17 Å². The van der Waals surface area contributed by atoms with Crippen molar-refractivity contribution in [3.05, 3.63) is 82.0 Å². The Balaban J connectivity index is 0.000000694. The zero-order valence-corrected chi connectivity index (χ0v) is 22.4. The van der Waals surface area contributed by atoms with E-state index in [2.05, 4.69) is 0 Å². The SMILES string of the molecule is CC.CC(C)O.Cc1ccc(C2CC(O)CC(CO)O2)cc1C(F)c1ccc(-c2ccc(F)cc2)s1. The van der Waals surface area contributed by atoms with Gasteiger partial charge in [-0.3, -0.25) is 0 Å². The van der Waals surface area contributed by atoms with E-state index in [1.807, 2.05) is 39.0 Å². The van der Waals surface area contributed by atoms with Gasteiger partial charge in [0.05, 0.1) is 24.9 Å². The minimum absolute atomic E-state index is 0.153. The monoisotopic (exact) mass is 520 g/mol. The highest BCUT2D eigenvalue weighted by atomic mass is 32.1. The van der Waals surface area contributed by atoms with Gasteiger partial charge in [0, 0.05) is 28.7 Å². The van der Waals surface area contributed by atoms with Gasteiger partial charge in [0.1, 0.15) is 5.82 Å². The molecule has 1 aromatic heterocycles. The first-order chi connectivity index (χ1) is 17.2. The number of hydrogen-bond donors (Lipinski definition) is 3. The number of ether oxygens (including phenoxy) is 1. The Morgan fingerprint density at radius 1 is 1.03 bits per heavy atom. The molecule has 0 spiro atoms. The van der Waals surface area contributed by atoms with Crippen LogP contribution in [0.3, 0.4) is 0 Å². The Bertz CT molecular complexity index is 1050. The largest absolute Gasteiger partial charge is 0.394 e. The molecule has 4 unspecified atom stereocenters. The second-order valence-electron chi connectivity index (χ2n) is 8.84. The van der Waals surface area contributed by atoms with Crippen molar-refractivity contribution in [2.75, 3.05) is 6.61 Å². The van der Waals surface area contributed by atoms with E-state index < -0.39 is 18.4 Å². The van der Waals surface area contributed by atoms with Crippen LogP contribution in [-0.4, -0.2) is 40.2 Å². The van der Waals surface area contributed by atoms with E-state index in [4.69, 9.17) is 9.84 Å². The summed E-state index contributed by atoms with van der Waals surface area (Å²) in [7, 11) is 0. The summed E-state index contributed by atoms with van der Waals surface area (Å²) in [5.74, 6) is -0.301. The third-order valence-electron chi connectivity index (χ3n) is 5.53. The second-order valence-corrected chi connectivity index (χ2v) is 9.95. The normalized spacial score (nSPS) is 20.1. The van der Waals surface area contributed by atoms with E-state index in [9.17, 15) is 14.6 Å². The zero-order chi connectivity index (χ0) is 26.8. The average molecular weight is 521 g/mol. The molecule has 0 bridgehead atoms. The molecule has 2 aromatic carbocycles. The van der Waals surface area contributed by atoms with Crippen LogP contribution in [0, 0.1) is 12.7 Å². The highest BCUT2D eigenvalue weighted by molar-refractivity contribution is 7.15. The molecule has 1 fully saturated rings. The third-order valence-corrected chi connectivity index (χ3v) is 6.71. The van der Waals surface area contributed by atoms with Crippen LogP contribution in [0.25, 0.3) is 10.4 Å². The summed E-state index contributed by atoms with van der Waals surface area (Å²) in [6.07, 6.45) is -1.99. The lowest BCUT2D eigenvalue weighted by Gasteiger charge is -2.33. The van der Waals surface area contributed by atoms with Crippen LogP contribution in [0.2, 0.25) is 0 Å². The number of aliphatic hydroxyl groups excluding tert-OH is 3. The molecular formula is C29H38F2O4S. The smallest absolute Gasteiger partial charge is 0.160 e. The molecule has 1 aliphatic rings. The van der Waals surface area contributed by atoms with Crippen LogP contribution < -0.4 is 0 Å². The summed E-state index contributed by atoms with van der Waals surface area (Å²) in [6, 6.07) is 15.3. The molecule has 3 N–H and O–H groups in total. The predicted molar refractivity (Wildman–Crippen MR) is 142 cm³/mol. The number of rotatable bonds is 5. The fourth-order valence-electron chi connectivity index (χ4n) is 3.87. The van der Waals surface area contributed by atoms with Crippen LogP contribution in [-0.2, 0) is 4.74 Å². The number of aliphatic hydroxyl groups is 3. The van der Waals surface area contributed by atoms with Crippen LogP contribution in [0.15, 0.2) is 54.6 Å². The first-order valence-electron chi connectivity index (χ1n) is 12.4. The number of thiophene rings is 1. The van der Waals surface area contributed by atoms with Gasteiger partial charge in [0.2, 0.25) is 0 Å². The summed E-state index contributed by atoms with van der Waals surface area (Å²) in [6.45, 7) is 9.16. The zero-order valence-electron chi connectivity index (χ0n) is 21.6. The highest BCUT2D eigenvalue weighted by Gasteiger charge is 2.30. The fraction of sp³-hybridized carbons (Fsp3) is 0.448. The van der Waals surface area contributed by atoms with Crippen molar-refractivity contribution in [2.45, 2.75) is 78.0 Å². The quantitative estimate of drug-likeness (QED) is 0.342. The number of aryl methyl sites for hydroxylation is 1. The minimum atomic E-state index is -1.30. The maximum absolute atomic E-state index is 15.5. The summed E-state index contributed by atoms with van der Waals surface area (Å²) in [5, 5.41) is 27.6. The standard InChI is InChI=1S/C24H24F2O3S.C3H8O.C2H6/c1-14-2-3-16(21-12-18(28)11-19(13-27)29-21)10-20(14)24(26)23-9-8-22(30-23)15-4-6-17(25)7-5-15;1-3(2)4;1-2/h2-10,18-19,21,24,27-28H,11-13H2,1H3;3-4H,1-2H3;1-2H3. The lowest BCUT2D eigenvalue weighted by molar-refractivity contribution is -0.113. The maximum Gasteiger partial charge on any atom is 0.160 e. The molecule has 4 atom stereocenters. The number of benzene rings is 2. The maximum atomic E-state index is 15.5. The van der Waals surface area contributed by atoms with E-state index in [0.29, 0.717) is 23.3 Å². The summed E-state index contributed by atoms with van der Waals surface area (Å²) >= 11 is 1.35. The molecule has 4 rings (SSSR count). The molecule has 0 radical (unpaired) electrons. The topological polar surface area (TPSA) is 69.9 Å². The second kappa shape index (κ2) is 14.5. The molecule has 0 aliphatic carbocycles. The molecule has 1 saturated heterocycles. The minimum Gasteiger partial charge on any atom is -0.394 e. The van der Waals surface area contributed by atoms with Gasteiger partial charge < -0.3 is 20.1 Å². The predicted octanol–water partition coefficient (Wildman–Crippen LogP) is 6.91. The number of halogens is 2. The molecule has 7 heteroatoms.